The van der Waals surface area contributed by atoms with Crippen LogP contribution in [-0.4, -0.2) is 38.2 Å². The molecule has 0 radical (unpaired) electrons. The second-order valence-electron chi connectivity index (χ2n) is 6.28. The molecule has 0 aliphatic carbocycles. The van der Waals surface area contributed by atoms with Gasteiger partial charge in [0.1, 0.15) is 6.04 Å². The Morgan fingerprint density at radius 1 is 1.17 bits per heavy atom. The third-order valence-electron chi connectivity index (χ3n) is 4.64. The number of ketones is 1. The molecule has 0 unspecified atom stereocenters. The number of hydrogen-bond acceptors (Lipinski definition) is 4. The van der Waals surface area contributed by atoms with Crippen LogP contribution in [0.2, 0.25) is 0 Å². The Morgan fingerprint density at radius 2 is 1.75 bits per heavy atom. The maximum Gasteiger partial charge on any atom is 0.312 e. The number of rotatable bonds is 3. The van der Waals surface area contributed by atoms with Crippen LogP contribution in [0.5, 0.6) is 0 Å². The number of benzene rings is 2. The summed E-state index contributed by atoms with van der Waals surface area (Å²) in [5, 5.41) is 24.4. The van der Waals surface area contributed by atoms with Gasteiger partial charge in [-0.15, -0.1) is 5.06 Å². The van der Waals surface area contributed by atoms with Crippen molar-refractivity contribution < 1.29 is 14.7 Å². The van der Waals surface area contributed by atoms with Gasteiger partial charge in [-0.05, 0) is 26.0 Å². The van der Waals surface area contributed by atoms with Gasteiger partial charge in [-0.1, -0.05) is 48.0 Å². The van der Waals surface area contributed by atoms with Gasteiger partial charge < -0.3 is 10.4 Å². The SMILES string of the molecule is Cc1ccc(C2=[N+]([O-])[C@](C)(C(=O)c3ccccc3)N(O)[C@H]2C)cc1. The molecule has 1 heterocycles. The van der Waals surface area contributed by atoms with Crippen molar-refractivity contribution in [2.45, 2.75) is 32.5 Å². The Labute approximate surface area is 141 Å². The van der Waals surface area contributed by atoms with Crippen LogP contribution in [0.3, 0.4) is 0 Å². The summed E-state index contributed by atoms with van der Waals surface area (Å²) in [5.74, 6) is -0.436. The monoisotopic (exact) mass is 324 g/mol. The highest BCUT2D eigenvalue weighted by Crippen LogP contribution is 2.31. The standard InChI is InChI=1S/C19H20N2O3/c1-13-9-11-15(12-10-13)17-14(2)20(23)19(3,21(17)24)18(22)16-7-5-4-6-8-16/h4-12,14,23H,1-3H3/t14-,19+/m0/s1. The third kappa shape index (κ3) is 2.33. The lowest BCUT2D eigenvalue weighted by Gasteiger charge is -2.27. The number of hydrogen-bond donors (Lipinski definition) is 1. The van der Waals surface area contributed by atoms with Crippen molar-refractivity contribution in [3.8, 4) is 0 Å². The fourth-order valence-electron chi connectivity index (χ4n) is 3.13. The van der Waals surface area contributed by atoms with Crippen LogP contribution in [0.15, 0.2) is 54.6 Å². The summed E-state index contributed by atoms with van der Waals surface area (Å²) in [7, 11) is 0. The minimum atomic E-state index is -1.69. The van der Waals surface area contributed by atoms with Crippen LogP contribution >= 0.6 is 0 Å². The topological polar surface area (TPSA) is 66.6 Å². The maximum atomic E-state index is 13.0. The lowest BCUT2D eigenvalue weighted by Crippen LogP contribution is -2.54. The van der Waals surface area contributed by atoms with Crippen molar-refractivity contribution in [3.63, 3.8) is 0 Å². The molecule has 1 aliphatic rings. The molecule has 0 spiro atoms. The molecular weight excluding hydrogens is 304 g/mol. The van der Waals surface area contributed by atoms with E-state index in [1.165, 1.54) is 6.92 Å². The van der Waals surface area contributed by atoms with Gasteiger partial charge in [-0.3, -0.25) is 4.79 Å². The Hall–Kier alpha value is -2.50. The van der Waals surface area contributed by atoms with Crippen LogP contribution < -0.4 is 0 Å². The van der Waals surface area contributed by atoms with Crippen molar-refractivity contribution in [2.24, 2.45) is 0 Å². The number of nitrogens with zero attached hydrogens (tertiary/aromatic N) is 2. The Kier molecular flexibility index (Phi) is 3.99. The number of Topliss-reactive ketones (excluding diaryl/α,β-unsaturated/α-hetero) is 1. The predicted octanol–water partition coefficient (Wildman–Crippen LogP) is 2.99. The number of carbonyl (C=O) groups is 1. The first-order valence-corrected chi connectivity index (χ1v) is 7.86. The Bertz CT molecular complexity index is 799. The zero-order valence-electron chi connectivity index (χ0n) is 13.9. The highest BCUT2D eigenvalue weighted by Gasteiger charge is 2.58. The molecule has 24 heavy (non-hydrogen) atoms. The maximum absolute atomic E-state index is 13.0. The van der Waals surface area contributed by atoms with Gasteiger partial charge in [0.05, 0.1) is 0 Å². The highest BCUT2D eigenvalue weighted by atomic mass is 16.6. The lowest BCUT2D eigenvalue weighted by atomic mass is 10.00. The summed E-state index contributed by atoms with van der Waals surface area (Å²) in [6.07, 6.45) is 0. The molecular formula is C19H20N2O3. The molecule has 0 aromatic heterocycles. The number of aryl methyl sites for hydroxylation is 1. The summed E-state index contributed by atoms with van der Waals surface area (Å²) in [4.78, 5) is 12.9. The second-order valence-corrected chi connectivity index (χ2v) is 6.28. The average molecular weight is 324 g/mol. The van der Waals surface area contributed by atoms with E-state index in [1.54, 1.807) is 37.3 Å². The van der Waals surface area contributed by atoms with E-state index in [4.69, 9.17) is 0 Å². The predicted molar refractivity (Wildman–Crippen MR) is 91.2 cm³/mol. The quantitative estimate of drug-likeness (QED) is 0.535. The minimum Gasteiger partial charge on any atom is -0.622 e. The van der Waals surface area contributed by atoms with Crippen LogP contribution in [-0.2, 0) is 0 Å². The number of hydroxylamine groups is 3. The largest absolute Gasteiger partial charge is 0.622 e. The molecule has 1 aliphatic heterocycles. The van der Waals surface area contributed by atoms with Crippen LogP contribution in [0.4, 0.5) is 0 Å². The van der Waals surface area contributed by atoms with Gasteiger partial charge in [0, 0.05) is 18.1 Å². The molecule has 3 rings (SSSR count). The molecule has 2 aromatic carbocycles. The normalized spacial score (nSPS) is 24.4. The molecule has 0 bridgehead atoms. The number of carbonyl (C=O) groups excluding carboxylic acids is 1. The average Bonchev–Trinajstić information content (AvgIpc) is 2.78. The minimum absolute atomic E-state index is 0.379. The molecule has 0 saturated carbocycles. The fraction of sp³-hybridized carbons (Fsp3) is 0.263. The van der Waals surface area contributed by atoms with E-state index in [-0.39, 0.29) is 0 Å². The highest BCUT2D eigenvalue weighted by molar-refractivity contribution is 6.07. The third-order valence-corrected chi connectivity index (χ3v) is 4.64. The Balaban J connectivity index is 2.11. The van der Waals surface area contributed by atoms with Crippen molar-refractivity contribution in [2.75, 3.05) is 0 Å². The summed E-state index contributed by atoms with van der Waals surface area (Å²) < 4.78 is 0.637. The molecule has 2 aromatic rings. The first-order valence-electron chi connectivity index (χ1n) is 7.86. The zero-order chi connectivity index (χ0) is 17.5. The van der Waals surface area contributed by atoms with E-state index in [1.807, 2.05) is 31.2 Å². The molecule has 124 valence electrons. The van der Waals surface area contributed by atoms with E-state index in [2.05, 4.69) is 0 Å². The Morgan fingerprint density at radius 3 is 2.33 bits per heavy atom. The molecule has 2 atom stereocenters. The van der Waals surface area contributed by atoms with E-state index >= 15 is 0 Å². The lowest BCUT2D eigenvalue weighted by molar-refractivity contribution is -0.561. The van der Waals surface area contributed by atoms with Gasteiger partial charge in [-0.25, -0.2) is 0 Å². The van der Waals surface area contributed by atoms with E-state index in [9.17, 15) is 15.2 Å². The first kappa shape index (κ1) is 16.4. The summed E-state index contributed by atoms with van der Waals surface area (Å²) in [5.41, 5.74) is 0.848. The molecule has 1 N–H and O–H groups in total. The second kappa shape index (κ2) is 5.85. The fourth-order valence-corrected chi connectivity index (χ4v) is 3.13. The zero-order valence-corrected chi connectivity index (χ0v) is 13.9. The van der Waals surface area contributed by atoms with Gasteiger partial charge in [0.15, 0.2) is 0 Å². The van der Waals surface area contributed by atoms with Gasteiger partial charge in [0.2, 0.25) is 5.71 Å². The van der Waals surface area contributed by atoms with Crippen molar-refractivity contribution >= 4 is 11.5 Å². The van der Waals surface area contributed by atoms with E-state index in [0.29, 0.717) is 21.6 Å². The van der Waals surface area contributed by atoms with Gasteiger partial charge in [0.25, 0.3) is 5.78 Å². The summed E-state index contributed by atoms with van der Waals surface area (Å²) >= 11 is 0. The molecule has 5 nitrogen and oxygen atoms in total. The molecule has 0 saturated heterocycles. The van der Waals surface area contributed by atoms with E-state index in [0.717, 1.165) is 10.6 Å². The molecule has 5 heteroatoms. The van der Waals surface area contributed by atoms with Crippen LogP contribution in [0.1, 0.15) is 35.3 Å². The summed E-state index contributed by atoms with van der Waals surface area (Å²) in [6.45, 7) is 5.12. The van der Waals surface area contributed by atoms with Gasteiger partial charge >= 0.3 is 5.66 Å². The molecule has 0 amide bonds. The first-order chi connectivity index (χ1) is 11.4. The van der Waals surface area contributed by atoms with Crippen molar-refractivity contribution in [3.05, 3.63) is 76.5 Å². The van der Waals surface area contributed by atoms with Gasteiger partial charge in [-0.2, -0.15) is 4.74 Å². The van der Waals surface area contributed by atoms with Crippen LogP contribution in [0, 0.1) is 12.1 Å². The van der Waals surface area contributed by atoms with Crippen LogP contribution in [0.25, 0.3) is 0 Å². The smallest absolute Gasteiger partial charge is 0.312 e. The van der Waals surface area contributed by atoms with Crippen molar-refractivity contribution in [1.29, 1.82) is 0 Å². The molecule has 0 fully saturated rings. The van der Waals surface area contributed by atoms with Crippen molar-refractivity contribution in [1.82, 2.24) is 5.06 Å². The van der Waals surface area contributed by atoms with E-state index < -0.39 is 17.5 Å². The summed E-state index contributed by atoms with van der Waals surface area (Å²) in [6, 6.07) is 15.4.